The van der Waals surface area contributed by atoms with Gasteiger partial charge in [0.05, 0.1) is 19.3 Å². The summed E-state index contributed by atoms with van der Waals surface area (Å²) in [7, 11) is -1.09. The van der Waals surface area contributed by atoms with Gasteiger partial charge in [0.1, 0.15) is 4.21 Å². The molecular formula is C22H30N2O5S2. The van der Waals surface area contributed by atoms with Gasteiger partial charge in [-0.2, -0.15) is 0 Å². The predicted molar refractivity (Wildman–Crippen MR) is 121 cm³/mol. The van der Waals surface area contributed by atoms with Crippen molar-refractivity contribution >= 4 is 27.3 Å². The minimum absolute atomic E-state index is 0.0286. The third-order valence-electron chi connectivity index (χ3n) is 5.41. The van der Waals surface area contributed by atoms with Crippen molar-refractivity contribution in [3.63, 3.8) is 0 Å². The summed E-state index contributed by atoms with van der Waals surface area (Å²) in [6, 6.07) is 6.00. The maximum absolute atomic E-state index is 13.1. The van der Waals surface area contributed by atoms with Crippen LogP contribution in [-0.4, -0.2) is 52.7 Å². The van der Waals surface area contributed by atoms with E-state index in [2.05, 4.69) is 41.7 Å². The lowest BCUT2D eigenvalue weighted by atomic mass is 10.0. The van der Waals surface area contributed by atoms with E-state index in [1.165, 1.54) is 30.9 Å². The lowest BCUT2D eigenvalue weighted by Crippen LogP contribution is -2.36. The Labute approximate surface area is 188 Å². The first-order chi connectivity index (χ1) is 14.7. The highest BCUT2D eigenvalue weighted by atomic mass is 32.2. The molecule has 1 aromatic heterocycles. The van der Waals surface area contributed by atoms with Crippen molar-refractivity contribution in [3.8, 4) is 0 Å². The average molecular weight is 467 g/mol. The molecule has 0 aliphatic carbocycles. The molecule has 0 amide bonds. The van der Waals surface area contributed by atoms with E-state index in [-0.39, 0.29) is 16.4 Å². The number of sulfonamides is 1. The summed E-state index contributed by atoms with van der Waals surface area (Å²) in [6.07, 6.45) is 0.601. The van der Waals surface area contributed by atoms with E-state index in [9.17, 15) is 13.2 Å². The SMILES string of the molecule is COCC(C)NS(=O)(=O)c1sc2c(c1C(=O)OC)CCN(Cc1cc(C)ccc1C)C2. The van der Waals surface area contributed by atoms with Crippen LogP contribution < -0.4 is 4.72 Å². The minimum atomic E-state index is -3.88. The highest BCUT2D eigenvalue weighted by Gasteiger charge is 2.34. The average Bonchev–Trinajstić information content (AvgIpc) is 3.10. The number of carbonyl (C=O) groups excluding carboxylic acids is 1. The van der Waals surface area contributed by atoms with Crippen LogP contribution in [0, 0.1) is 13.8 Å². The summed E-state index contributed by atoms with van der Waals surface area (Å²) in [6.45, 7) is 8.26. The molecule has 0 fully saturated rings. The molecule has 170 valence electrons. The summed E-state index contributed by atoms with van der Waals surface area (Å²) in [5.74, 6) is -0.611. The number of carbonyl (C=O) groups is 1. The fourth-order valence-corrected chi connectivity index (χ4v) is 7.05. The number of hydrogen-bond acceptors (Lipinski definition) is 7. The van der Waals surface area contributed by atoms with Crippen molar-refractivity contribution in [3.05, 3.63) is 50.9 Å². The largest absolute Gasteiger partial charge is 0.465 e. The molecule has 1 unspecified atom stereocenters. The standard InChI is InChI=1S/C22H30N2O5S2/c1-14-6-7-15(2)17(10-14)11-24-9-8-18-19(12-24)30-22(20(18)21(25)29-5)31(26,27)23-16(3)13-28-4/h6-7,10,16,23H,8-9,11-13H2,1-5H3. The summed E-state index contributed by atoms with van der Waals surface area (Å²) in [5.41, 5.74) is 4.67. The lowest BCUT2D eigenvalue weighted by Gasteiger charge is -2.27. The third kappa shape index (κ3) is 5.35. The van der Waals surface area contributed by atoms with Crippen LogP contribution >= 0.6 is 11.3 Å². The van der Waals surface area contributed by atoms with Crippen LogP contribution in [0.2, 0.25) is 0 Å². The van der Waals surface area contributed by atoms with Gasteiger partial charge >= 0.3 is 5.97 Å². The smallest absolute Gasteiger partial charge is 0.340 e. The number of esters is 1. The van der Waals surface area contributed by atoms with Crippen molar-refractivity contribution in [2.45, 2.75) is 50.5 Å². The van der Waals surface area contributed by atoms with E-state index in [1.807, 2.05) is 0 Å². The maximum Gasteiger partial charge on any atom is 0.340 e. The molecule has 1 aliphatic heterocycles. The first kappa shape index (κ1) is 23.9. The van der Waals surface area contributed by atoms with Gasteiger partial charge in [-0.1, -0.05) is 23.8 Å². The number of aryl methyl sites for hydroxylation is 2. The van der Waals surface area contributed by atoms with Crippen LogP contribution in [0.1, 0.15) is 44.4 Å². The molecule has 1 atom stereocenters. The second kappa shape index (κ2) is 9.79. The lowest BCUT2D eigenvalue weighted by molar-refractivity contribution is 0.0595. The van der Waals surface area contributed by atoms with Crippen LogP contribution in [0.15, 0.2) is 22.4 Å². The molecule has 1 aromatic carbocycles. The highest BCUT2D eigenvalue weighted by Crippen LogP contribution is 2.37. The Morgan fingerprint density at radius 2 is 2.03 bits per heavy atom. The normalized spacial score (nSPS) is 15.5. The van der Waals surface area contributed by atoms with E-state index in [1.54, 1.807) is 6.92 Å². The number of nitrogens with one attached hydrogen (secondary N) is 1. The van der Waals surface area contributed by atoms with Crippen molar-refractivity contribution in [2.75, 3.05) is 27.4 Å². The van der Waals surface area contributed by atoms with Crippen molar-refractivity contribution in [2.24, 2.45) is 0 Å². The number of fused-ring (bicyclic) bond motifs is 1. The number of methoxy groups -OCH3 is 2. The topological polar surface area (TPSA) is 84.9 Å². The zero-order valence-electron chi connectivity index (χ0n) is 18.6. The van der Waals surface area contributed by atoms with Gasteiger partial charge in [0.25, 0.3) is 10.0 Å². The molecule has 0 bridgehead atoms. The summed E-state index contributed by atoms with van der Waals surface area (Å²) in [4.78, 5) is 15.7. The van der Waals surface area contributed by atoms with Gasteiger partial charge < -0.3 is 9.47 Å². The number of nitrogens with zero attached hydrogens (tertiary/aromatic N) is 1. The summed E-state index contributed by atoms with van der Waals surface area (Å²) in [5, 5.41) is 0. The number of ether oxygens (including phenoxy) is 2. The van der Waals surface area contributed by atoms with Gasteiger partial charge in [0.2, 0.25) is 0 Å². The molecular weight excluding hydrogens is 436 g/mol. The van der Waals surface area contributed by atoms with Crippen molar-refractivity contribution in [1.82, 2.24) is 9.62 Å². The third-order valence-corrected chi connectivity index (χ3v) is 8.73. The fraction of sp³-hybridized carbons (Fsp3) is 0.500. The van der Waals surface area contributed by atoms with E-state index in [4.69, 9.17) is 9.47 Å². The zero-order chi connectivity index (χ0) is 22.8. The fourth-order valence-electron chi connectivity index (χ4n) is 3.88. The van der Waals surface area contributed by atoms with Gasteiger partial charge in [-0.15, -0.1) is 11.3 Å². The molecule has 1 N–H and O–H groups in total. The first-order valence-electron chi connectivity index (χ1n) is 10.2. The number of benzene rings is 1. The molecule has 31 heavy (non-hydrogen) atoms. The molecule has 0 radical (unpaired) electrons. The monoisotopic (exact) mass is 466 g/mol. The van der Waals surface area contributed by atoms with Crippen LogP contribution in [0.4, 0.5) is 0 Å². The number of rotatable bonds is 8. The Morgan fingerprint density at radius 1 is 1.29 bits per heavy atom. The number of hydrogen-bond donors (Lipinski definition) is 1. The van der Waals surface area contributed by atoms with E-state index >= 15 is 0 Å². The summed E-state index contributed by atoms with van der Waals surface area (Å²) >= 11 is 1.16. The summed E-state index contributed by atoms with van der Waals surface area (Å²) < 4.78 is 38.7. The van der Waals surface area contributed by atoms with Gasteiger partial charge in [-0.25, -0.2) is 17.9 Å². The van der Waals surface area contributed by atoms with Gasteiger partial charge in [0, 0.05) is 37.7 Å². The van der Waals surface area contributed by atoms with Crippen LogP contribution in [0.3, 0.4) is 0 Å². The molecule has 2 heterocycles. The van der Waals surface area contributed by atoms with Crippen molar-refractivity contribution < 1.29 is 22.7 Å². The number of thiophene rings is 1. The molecule has 0 saturated carbocycles. The van der Waals surface area contributed by atoms with Crippen LogP contribution in [-0.2, 0) is 39.0 Å². The van der Waals surface area contributed by atoms with E-state index < -0.39 is 22.0 Å². The van der Waals surface area contributed by atoms with Gasteiger partial charge in [0.15, 0.2) is 0 Å². The highest BCUT2D eigenvalue weighted by molar-refractivity contribution is 7.91. The Hall–Kier alpha value is -1.78. The molecule has 7 nitrogen and oxygen atoms in total. The molecule has 0 spiro atoms. The quantitative estimate of drug-likeness (QED) is 0.602. The van der Waals surface area contributed by atoms with E-state index in [0.717, 1.165) is 34.9 Å². The molecule has 1 aliphatic rings. The van der Waals surface area contributed by atoms with Crippen LogP contribution in [0.5, 0.6) is 0 Å². The van der Waals surface area contributed by atoms with Gasteiger partial charge in [-0.3, -0.25) is 4.90 Å². The second-order valence-electron chi connectivity index (χ2n) is 8.03. The molecule has 0 saturated heterocycles. The Kier molecular flexibility index (Phi) is 7.54. The molecule has 9 heteroatoms. The van der Waals surface area contributed by atoms with Crippen molar-refractivity contribution in [1.29, 1.82) is 0 Å². The zero-order valence-corrected chi connectivity index (χ0v) is 20.3. The predicted octanol–water partition coefficient (Wildman–Crippen LogP) is 3.02. The minimum Gasteiger partial charge on any atom is -0.465 e. The molecule has 2 aromatic rings. The van der Waals surface area contributed by atoms with E-state index in [0.29, 0.717) is 13.0 Å². The Balaban J connectivity index is 1.92. The second-order valence-corrected chi connectivity index (χ2v) is 11.0. The van der Waals surface area contributed by atoms with Crippen LogP contribution in [0.25, 0.3) is 0 Å². The first-order valence-corrected chi connectivity index (χ1v) is 12.5. The maximum atomic E-state index is 13.1. The Morgan fingerprint density at radius 3 is 2.71 bits per heavy atom. The van der Waals surface area contributed by atoms with Gasteiger partial charge in [-0.05, 0) is 43.9 Å². The Bertz CT molecular complexity index is 1060. The molecule has 3 rings (SSSR count).